The van der Waals surface area contributed by atoms with E-state index in [0.717, 1.165) is 5.56 Å². The molecule has 2 aromatic rings. The summed E-state index contributed by atoms with van der Waals surface area (Å²) in [6.45, 7) is 0.245. The van der Waals surface area contributed by atoms with E-state index >= 15 is 0 Å². The first-order valence-electron chi connectivity index (χ1n) is 6.15. The lowest BCUT2D eigenvalue weighted by molar-refractivity contribution is 0.304. The molecule has 7 heteroatoms. The summed E-state index contributed by atoms with van der Waals surface area (Å²) in [7, 11) is -0.0901. The largest absolute Gasteiger partial charge is 0.495 e. The predicted octanol–water partition coefficient (Wildman–Crippen LogP) is 0.221. The van der Waals surface area contributed by atoms with E-state index in [1.54, 1.807) is 18.2 Å². The van der Waals surface area contributed by atoms with E-state index in [-0.39, 0.29) is 12.1 Å². The molecule has 0 spiro atoms. The second kappa shape index (κ2) is 6.75. The summed E-state index contributed by atoms with van der Waals surface area (Å²) in [5, 5.41) is 27.1. The summed E-state index contributed by atoms with van der Waals surface area (Å²) in [4.78, 5) is 3.87. The Labute approximate surface area is 122 Å². The SMILES string of the molecule is COc1cc(COc2cncc(B(O)O)c2)ccc1C#N. The van der Waals surface area contributed by atoms with Crippen molar-refractivity contribution in [3.8, 4) is 17.6 Å². The van der Waals surface area contributed by atoms with E-state index in [2.05, 4.69) is 4.98 Å². The third-order valence-corrected chi connectivity index (χ3v) is 2.82. The number of hydrogen-bond donors (Lipinski definition) is 2. The van der Waals surface area contributed by atoms with Gasteiger partial charge >= 0.3 is 7.12 Å². The minimum Gasteiger partial charge on any atom is -0.495 e. The van der Waals surface area contributed by atoms with Crippen molar-refractivity contribution < 1.29 is 19.5 Å². The fraction of sp³-hybridized carbons (Fsp3) is 0.143. The Bertz CT molecular complexity index is 670. The molecule has 21 heavy (non-hydrogen) atoms. The number of pyridine rings is 1. The molecule has 0 aliphatic carbocycles. The van der Waals surface area contributed by atoms with Gasteiger partial charge in [-0.05, 0) is 23.8 Å². The van der Waals surface area contributed by atoms with Crippen molar-refractivity contribution in [2.75, 3.05) is 7.11 Å². The van der Waals surface area contributed by atoms with Crippen molar-refractivity contribution >= 4 is 12.6 Å². The highest BCUT2D eigenvalue weighted by atomic mass is 16.5. The fourth-order valence-corrected chi connectivity index (χ4v) is 1.74. The van der Waals surface area contributed by atoms with Crippen LogP contribution >= 0.6 is 0 Å². The van der Waals surface area contributed by atoms with Gasteiger partial charge in [0.05, 0.1) is 18.9 Å². The molecule has 0 saturated heterocycles. The van der Waals surface area contributed by atoms with Crippen molar-refractivity contribution in [1.29, 1.82) is 5.26 Å². The topological polar surface area (TPSA) is 95.6 Å². The van der Waals surface area contributed by atoms with Gasteiger partial charge in [-0.1, -0.05) is 6.07 Å². The second-order valence-corrected chi connectivity index (χ2v) is 4.26. The predicted molar refractivity (Wildman–Crippen MR) is 76.1 cm³/mol. The minimum absolute atomic E-state index is 0.245. The molecule has 1 aromatic carbocycles. The molecule has 0 aliphatic rings. The summed E-state index contributed by atoms with van der Waals surface area (Å²) >= 11 is 0. The Morgan fingerprint density at radius 3 is 2.76 bits per heavy atom. The molecule has 2 rings (SSSR count). The van der Waals surface area contributed by atoms with Crippen LogP contribution in [0.5, 0.6) is 11.5 Å². The molecule has 0 aliphatic heterocycles. The van der Waals surface area contributed by atoms with E-state index in [1.807, 2.05) is 6.07 Å². The van der Waals surface area contributed by atoms with E-state index in [1.165, 1.54) is 25.6 Å². The van der Waals surface area contributed by atoms with Crippen molar-refractivity contribution in [2.24, 2.45) is 0 Å². The average molecular weight is 284 g/mol. The van der Waals surface area contributed by atoms with Gasteiger partial charge in [0, 0.05) is 11.7 Å². The molecular formula is C14H13BN2O4. The third kappa shape index (κ3) is 3.72. The van der Waals surface area contributed by atoms with Crippen LogP contribution in [0.4, 0.5) is 0 Å². The van der Waals surface area contributed by atoms with E-state index in [0.29, 0.717) is 17.1 Å². The number of aromatic nitrogens is 1. The van der Waals surface area contributed by atoms with Crippen LogP contribution in [0.3, 0.4) is 0 Å². The average Bonchev–Trinajstić information content (AvgIpc) is 2.52. The van der Waals surface area contributed by atoms with Gasteiger partial charge in [-0.15, -0.1) is 0 Å². The lowest BCUT2D eigenvalue weighted by atomic mass is 9.82. The quantitative estimate of drug-likeness (QED) is 0.763. The number of benzene rings is 1. The molecule has 0 saturated carbocycles. The molecule has 0 unspecified atom stereocenters. The number of nitriles is 1. The van der Waals surface area contributed by atoms with Crippen molar-refractivity contribution in [3.05, 3.63) is 47.8 Å². The Balaban J connectivity index is 2.10. The standard InChI is InChI=1S/C14H13BN2O4/c1-20-14-4-10(2-3-11(14)6-16)9-21-13-5-12(15(18)19)7-17-8-13/h2-5,7-8,18-19H,9H2,1H3. The first kappa shape index (κ1) is 14.8. The molecule has 0 radical (unpaired) electrons. The summed E-state index contributed by atoms with van der Waals surface area (Å²) < 4.78 is 10.7. The second-order valence-electron chi connectivity index (χ2n) is 4.26. The van der Waals surface area contributed by atoms with Gasteiger partial charge in [0.1, 0.15) is 24.2 Å². The van der Waals surface area contributed by atoms with Crippen molar-refractivity contribution in [1.82, 2.24) is 4.98 Å². The van der Waals surface area contributed by atoms with Crippen LogP contribution in [-0.2, 0) is 6.61 Å². The lowest BCUT2D eigenvalue weighted by Crippen LogP contribution is -2.30. The number of hydrogen-bond acceptors (Lipinski definition) is 6. The van der Waals surface area contributed by atoms with Crippen LogP contribution in [0.2, 0.25) is 0 Å². The Morgan fingerprint density at radius 1 is 1.29 bits per heavy atom. The summed E-state index contributed by atoms with van der Waals surface area (Å²) in [5.74, 6) is 0.903. The van der Waals surface area contributed by atoms with Crippen LogP contribution in [0, 0.1) is 11.3 Å². The highest BCUT2D eigenvalue weighted by Crippen LogP contribution is 2.20. The van der Waals surface area contributed by atoms with Gasteiger partial charge in [0.15, 0.2) is 0 Å². The molecule has 2 N–H and O–H groups in total. The molecule has 1 aromatic heterocycles. The van der Waals surface area contributed by atoms with Crippen LogP contribution in [0.15, 0.2) is 36.7 Å². The van der Waals surface area contributed by atoms with Gasteiger partial charge in [0.25, 0.3) is 0 Å². The smallest absolute Gasteiger partial charge is 0.490 e. The molecule has 6 nitrogen and oxygen atoms in total. The fourth-order valence-electron chi connectivity index (χ4n) is 1.74. The first-order valence-corrected chi connectivity index (χ1v) is 6.15. The maximum absolute atomic E-state index is 9.07. The number of methoxy groups -OCH3 is 1. The third-order valence-electron chi connectivity index (χ3n) is 2.82. The highest BCUT2D eigenvalue weighted by Gasteiger charge is 2.12. The number of nitrogens with zero attached hydrogens (tertiary/aromatic N) is 2. The van der Waals surface area contributed by atoms with Crippen molar-refractivity contribution in [3.63, 3.8) is 0 Å². The van der Waals surface area contributed by atoms with E-state index in [4.69, 9.17) is 24.8 Å². The van der Waals surface area contributed by atoms with Gasteiger partial charge in [0.2, 0.25) is 0 Å². The molecule has 1 heterocycles. The summed E-state index contributed by atoms with van der Waals surface area (Å²) in [6, 6.07) is 8.67. The van der Waals surface area contributed by atoms with E-state index < -0.39 is 7.12 Å². The normalized spacial score (nSPS) is 9.81. The number of rotatable bonds is 5. The molecular weight excluding hydrogens is 271 g/mol. The number of ether oxygens (including phenoxy) is 2. The summed E-state index contributed by atoms with van der Waals surface area (Å²) in [5.41, 5.74) is 1.53. The van der Waals surface area contributed by atoms with Crippen LogP contribution < -0.4 is 14.9 Å². The van der Waals surface area contributed by atoms with Crippen LogP contribution in [0.1, 0.15) is 11.1 Å². The zero-order chi connectivity index (χ0) is 15.2. The van der Waals surface area contributed by atoms with E-state index in [9.17, 15) is 0 Å². The lowest BCUT2D eigenvalue weighted by Gasteiger charge is -2.09. The Morgan fingerprint density at radius 2 is 2.10 bits per heavy atom. The molecule has 0 fully saturated rings. The molecule has 0 amide bonds. The Hall–Kier alpha value is -2.56. The molecule has 106 valence electrons. The minimum atomic E-state index is -1.59. The monoisotopic (exact) mass is 284 g/mol. The van der Waals surface area contributed by atoms with Gasteiger partial charge in [-0.25, -0.2) is 0 Å². The van der Waals surface area contributed by atoms with Gasteiger partial charge in [-0.2, -0.15) is 5.26 Å². The maximum Gasteiger partial charge on any atom is 0.490 e. The van der Waals surface area contributed by atoms with Gasteiger partial charge < -0.3 is 19.5 Å². The van der Waals surface area contributed by atoms with Crippen molar-refractivity contribution in [2.45, 2.75) is 6.61 Å². The van der Waals surface area contributed by atoms with Crippen LogP contribution in [0.25, 0.3) is 0 Å². The maximum atomic E-state index is 9.07. The summed E-state index contributed by atoms with van der Waals surface area (Å²) in [6.07, 6.45) is 2.83. The zero-order valence-electron chi connectivity index (χ0n) is 11.4. The molecule has 0 atom stereocenters. The molecule has 0 bridgehead atoms. The first-order chi connectivity index (χ1) is 10.1. The van der Waals surface area contributed by atoms with Gasteiger partial charge in [-0.3, -0.25) is 4.98 Å². The Kier molecular flexibility index (Phi) is 4.77. The highest BCUT2D eigenvalue weighted by molar-refractivity contribution is 6.58. The zero-order valence-corrected chi connectivity index (χ0v) is 11.4. The van der Waals surface area contributed by atoms with Crippen LogP contribution in [-0.4, -0.2) is 29.3 Å².